The number of carbonyl (C=O) groups excluding carboxylic acids is 1. The predicted molar refractivity (Wildman–Crippen MR) is 135 cm³/mol. The van der Waals surface area contributed by atoms with Gasteiger partial charge < -0.3 is 5.32 Å². The number of benzene rings is 3. The van der Waals surface area contributed by atoms with Crippen molar-refractivity contribution in [3.63, 3.8) is 0 Å². The number of aryl methyl sites for hydroxylation is 1. The molecule has 0 aliphatic carbocycles. The summed E-state index contributed by atoms with van der Waals surface area (Å²) < 4.78 is 28.0. The van der Waals surface area contributed by atoms with Crippen LogP contribution in [0.15, 0.2) is 82.6 Å². The highest BCUT2D eigenvalue weighted by Gasteiger charge is 2.27. The maximum absolute atomic E-state index is 13.4. The van der Waals surface area contributed by atoms with E-state index in [-0.39, 0.29) is 29.9 Å². The zero-order valence-corrected chi connectivity index (χ0v) is 21.2. The Morgan fingerprint density at radius 3 is 2.33 bits per heavy atom. The van der Waals surface area contributed by atoms with Crippen LogP contribution in [0.5, 0.6) is 0 Å². The molecule has 0 spiro atoms. The molecule has 1 atom stereocenters. The topological polar surface area (TPSA) is 66.5 Å². The molecule has 0 bridgehead atoms. The minimum atomic E-state index is -3.92. The molecule has 3 aromatic rings. The van der Waals surface area contributed by atoms with Crippen molar-refractivity contribution < 1.29 is 13.2 Å². The van der Waals surface area contributed by atoms with Crippen LogP contribution in [0.3, 0.4) is 0 Å². The van der Waals surface area contributed by atoms with Crippen molar-refractivity contribution in [2.24, 2.45) is 0 Å². The van der Waals surface area contributed by atoms with Gasteiger partial charge in [-0.1, -0.05) is 53.6 Å². The predicted octanol–water partition coefficient (Wildman–Crippen LogP) is 5.44. The zero-order valence-electron chi connectivity index (χ0n) is 18.8. The summed E-state index contributed by atoms with van der Waals surface area (Å²) in [6.07, 6.45) is 2.00. The Hall–Kier alpha value is -2.32. The standard InChI is InChI=1S/C25H27ClN2O3S2/c1-18-5-4-6-20(15-18)16-28(33(30,31)24-13-9-22(26)10-14-24)17-25(29)27-19(2)21-7-11-23(32-3)12-8-21/h4-15,19H,16-17H2,1-3H3,(H,27,29)/t19-/m1/s1. The number of nitrogens with zero attached hydrogens (tertiary/aromatic N) is 1. The first-order valence-corrected chi connectivity index (χ1v) is 13.5. The van der Waals surface area contributed by atoms with Gasteiger partial charge >= 0.3 is 0 Å². The maximum atomic E-state index is 13.4. The second kappa shape index (κ2) is 11.2. The Bertz CT molecular complexity index is 1200. The van der Waals surface area contributed by atoms with Gasteiger partial charge in [-0.2, -0.15) is 4.31 Å². The fourth-order valence-corrected chi connectivity index (χ4v) is 5.34. The molecule has 0 fully saturated rings. The lowest BCUT2D eigenvalue weighted by molar-refractivity contribution is -0.122. The van der Waals surface area contributed by atoms with Crippen molar-refractivity contribution in [1.29, 1.82) is 0 Å². The maximum Gasteiger partial charge on any atom is 0.243 e. The minimum Gasteiger partial charge on any atom is -0.348 e. The number of sulfonamides is 1. The molecule has 174 valence electrons. The molecule has 0 aliphatic rings. The summed E-state index contributed by atoms with van der Waals surface area (Å²) >= 11 is 7.58. The first-order valence-electron chi connectivity index (χ1n) is 10.4. The summed E-state index contributed by atoms with van der Waals surface area (Å²) in [4.78, 5) is 14.1. The number of amides is 1. The average Bonchev–Trinajstić information content (AvgIpc) is 2.79. The number of carbonyl (C=O) groups is 1. The van der Waals surface area contributed by atoms with E-state index in [1.165, 1.54) is 28.6 Å². The molecular formula is C25H27ClN2O3S2. The molecule has 0 saturated carbocycles. The average molecular weight is 503 g/mol. The van der Waals surface area contributed by atoms with Gasteiger partial charge in [-0.15, -0.1) is 11.8 Å². The molecule has 0 radical (unpaired) electrons. The molecule has 0 unspecified atom stereocenters. The summed E-state index contributed by atoms with van der Waals surface area (Å²) in [5.41, 5.74) is 2.77. The van der Waals surface area contributed by atoms with Gasteiger partial charge in [-0.25, -0.2) is 8.42 Å². The van der Waals surface area contributed by atoms with Gasteiger partial charge in [0, 0.05) is 16.5 Å². The summed E-state index contributed by atoms with van der Waals surface area (Å²) in [6.45, 7) is 3.60. The van der Waals surface area contributed by atoms with Crippen LogP contribution in [-0.2, 0) is 21.4 Å². The van der Waals surface area contributed by atoms with Gasteiger partial charge in [0.25, 0.3) is 0 Å². The van der Waals surface area contributed by atoms with E-state index in [0.29, 0.717) is 5.02 Å². The second-order valence-corrected chi connectivity index (χ2v) is 11.0. The number of nitrogens with one attached hydrogen (secondary N) is 1. The van der Waals surface area contributed by atoms with Crippen LogP contribution in [0.4, 0.5) is 0 Å². The van der Waals surface area contributed by atoms with E-state index in [9.17, 15) is 13.2 Å². The highest BCUT2D eigenvalue weighted by molar-refractivity contribution is 7.98. The second-order valence-electron chi connectivity index (χ2n) is 7.78. The Morgan fingerprint density at radius 1 is 1.06 bits per heavy atom. The van der Waals surface area contributed by atoms with Crippen LogP contribution < -0.4 is 5.32 Å². The smallest absolute Gasteiger partial charge is 0.243 e. The molecule has 33 heavy (non-hydrogen) atoms. The summed E-state index contributed by atoms with van der Waals surface area (Å²) in [5, 5.41) is 3.36. The van der Waals surface area contributed by atoms with E-state index < -0.39 is 10.0 Å². The SMILES string of the molecule is CSc1ccc([C@@H](C)NC(=O)CN(Cc2cccc(C)c2)S(=O)(=O)c2ccc(Cl)cc2)cc1. The van der Waals surface area contributed by atoms with E-state index in [1.54, 1.807) is 11.8 Å². The number of hydrogen-bond acceptors (Lipinski definition) is 4. The largest absolute Gasteiger partial charge is 0.348 e. The van der Waals surface area contributed by atoms with Gasteiger partial charge in [0.15, 0.2) is 0 Å². The molecule has 3 aromatic carbocycles. The lowest BCUT2D eigenvalue weighted by Gasteiger charge is -2.23. The highest BCUT2D eigenvalue weighted by Crippen LogP contribution is 2.22. The molecular weight excluding hydrogens is 476 g/mol. The third-order valence-corrected chi connectivity index (χ3v) is 8.01. The van der Waals surface area contributed by atoms with Gasteiger partial charge in [0.05, 0.1) is 17.5 Å². The van der Waals surface area contributed by atoms with Crippen molar-refractivity contribution >= 4 is 39.3 Å². The van der Waals surface area contributed by atoms with Crippen LogP contribution in [0.25, 0.3) is 0 Å². The third kappa shape index (κ3) is 6.84. The van der Waals surface area contributed by atoms with E-state index in [1.807, 2.05) is 68.6 Å². The number of hydrogen-bond donors (Lipinski definition) is 1. The monoisotopic (exact) mass is 502 g/mol. The molecule has 0 saturated heterocycles. The normalized spacial score (nSPS) is 12.5. The van der Waals surface area contributed by atoms with Crippen LogP contribution in [-0.4, -0.2) is 31.4 Å². The number of halogens is 1. The van der Waals surface area contributed by atoms with Crippen LogP contribution in [0, 0.1) is 6.92 Å². The van der Waals surface area contributed by atoms with Crippen molar-refractivity contribution in [2.45, 2.75) is 36.2 Å². The molecule has 0 aliphatic heterocycles. The quantitative estimate of drug-likeness (QED) is 0.396. The molecule has 3 rings (SSSR count). The molecule has 1 amide bonds. The van der Waals surface area contributed by atoms with Crippen LogP contribution in [0.2, 0.25) is 5.02 Å². The van der Waals surface area contributed by atoms with E-state index in [4.69, 9.17) is 11.6 Å². The molecule has 1 N–H and O–H groups in total. The van der Waals surface area contributed by atoms with Gasteiger partial charge in [0.1, 0.15) is 0 Å². The van der Waals surface area contributed by atoms with Crippen LogP contribution >= 0.6 is 23.4 Å². The van der Waals surface area contributed by atoms with E-state index >= 15 is 0 Å². The van der Waals surface area contributed by atoms with Gasteiger partial charge in [-0.05, 0) is 67.6 Å². The molecule has 5 nitrogen and oxygen atoms in total. The number of thioether (sulfide) groups is 1. The van der Waals surface area contributed by atoms with Crippen molar-refractivity contribution in [1.82, 2.24) is 9.62 Å². The van der Waals surface area contributed by atoms with Crippen molar-refractivity contribution in [3.05, 3.63) is 94.5 Å². The van der Waals surface area contributed by atoms with E-state index in [2.05, 4.69) is 5.32 Å². The third-order valence-electron chi connectivity index (χ3n) is 5.21. The highest BCUT2D eigenvalue weighted by atomic mass is 35.5. The van der Waals surface area contributed by atoms with E-state index in [0.717, 1.165) is 21.6 Å². The summed E-state index contributed by atoms with van der Waals surface area (Å²) in [7, 11) is -3.92. The lowest BCUT2D eigenvalue weighted by atomic mass is 10.1. The molecule has 0 heterocycles. The lowest BCUT2D eigenvalue weighted by Crippen LogP contribution is -2.41. The van der Waals surface area contributed by atoms with Crippen molar-refractivity contribution in [2.75, 3.05) is 12.8 Å². The van der Waals surface area contributed by atoms with Crippen molar-refractivity contribution in [3.8, 4) is 0 Å². The molecule has 0 aromatic heterocycles. The summed E-state index contributed by atoms with van der Waals surface area (Å²) in [5.74, 6) is -0.373. The number of rotatable bonds is 9. The fourth-order valence-electron chi connectivity index (χ4n) is 3.42. The fraction of sp³-hybridized carbons (Fsp3) is 0.240. The molecule has 8 heteroatoms. The Labute approximate surface area is 205 Å². The Balaban J connectivity index is 1.82. The first kappa shape index (κ1) is 25.3. The van der Waals surface area contributed by atoms with Gasteiger partial charge in [-0.3, -0.25) is 4.79 Å². The Kier molecular flexibility index (Phi) is 8.59. The minimum absolute atomic E-state index is 0.0802. The Morgan fingerprint density at radius 2 is 1.73 bits per heavy atom. The van der Waals surface area contributed by atoms with Crippen LogP contribution in [0.1, 0.15) is 29.7 Å². The first-order chi connectivity index (χ1) is 15.7. The van der Waals surface area contributed by atoms with Gasteiger partial charge in [0.2, 0.25) is 15.9 Å². The zero-order chi connectivity index (χ0) is 24.0. The summed E-state index contributed by atoms with van der Waals surface area (Å²) in [6, 6.07) is 21.2.